The smallest absolute Gasteiger partial charge is 0.407 e. The molecule has 2 N–H and O–H groups in total. The van der Waals surface area contributed by atoms with Crippen LogP contribution in [0.25, 0.3) is 0 Å². The van der Waals surface area contributed by atoms with Crippen molar-refractivity contribution in [1.82, 2.24) is 5.32 Å². The molecule has 0 saturated carbocycles. The summed E-state index contributed by atoms with van der Waals surface area (Å²) in [7, 11) is 0. The minimum absolute atomic E-state index is 0.0427. The van der Waals surface area contributed by atoms with E-state index in [1.165, 1.54) is 0 Å². The van der Waals surface area contributed by atoms with Gasteiger partial charge in [-0.05, 0) is 45.9 Å². The molecule has 1 amide bonds. The minimum atomic E-state index is -0.515. The Bertz CT molecular complexity index is 547. The number of hydrogen-bond acceptors (Lipinski definition) is 4. The van der Waals surface area contributed by atoms with Crippen LogP contribution in [0.1, 0.15) is 33.3 Å². The van der Waals surface area contributed by atoms with Crippen LogP contribution in [-0.4, -0.2) is 24.3 Å². The van der Waals surface area contributed by atoms with Gasteiger partial charge in [0.1, 0.15) is 11.7 Å². The number of rotatable bonds is 4. The topological polar surface area (TPSA) is 74.2 Å². The maximum atomic E-state index is 11.6. The standard InChI is InChI=1S/C15H20BrN3O2/c1-10(9-18-14(20)21-15(2,3)4)19-13-7-12(16)6-5-11(13)8-17/h5-7,10,19H,9H2,1-4H3,(H,18,20). The van der Waals surface area contributed by atoms with E-state index in [0.29, 0.717) is 12.1 Å². The molecule has 0 aliphatic heterocycles. The summed E-state index contributed by atoms with van der Waals surface area (Å²) in [5.74, 6) is 0. The monoisotopic (exact) mass is 353 g/mol. The lowest BCUT2D eigenvalue weighted by atomic mass is 10.2. The molecule has 0 aliphatic rings. The van der Waals surface area contributed by atoms with E-state index in [0.717, 1.165) is 10.2 Å². The quantitative estimate of drug-likeness (QED) is 0.866. The zero-order valence-corrected chi connectivity index (χ0v) is 14.2. The average Bonchev–Trinajstić information content (AvgIpc) is 2.35. The van der Waals surface area contributed by atoms with Crippen molar-refractivity contribution >= 4 is 27.7 Å². The number of nitrogens with one attached hydrogen (secondary N) is 2. The third kappa shape index (κ3) is 6.50. The number of hydrogen-bond donors (Lipinski definition) is 2. The van der Waals surface area contributed by atoms with Crippen LogP contribution in [0.3, 0.4) is 0 Å². The van der Waals surface area contributed by atoms with Gasteiger partial charge in [0.2, 0.25) is 0 Å². The number of carbonyl (C=O) groups excluding carboxylic acids is 1. The van der Waals surface area contributed by atoms with Gasteiger partial charge in [0.05, 0.1) is 11.3 Å². The molecule has 6 heteroatoms. The van der Waals surface area contributed by atoms with Crippen LogP contribution in [-0.2, 0) is 4.74 Å². The fraction of sp³-hybridized carbons (Fsp3) is 0.467. The highest BCUT2D eigenvalue weighted by Crippen LogP contribution is 2.21. The van der Waals surface area contributed by atoms with Crippen molar-refractivity contribution in [3.63, 3.8) is 0 Å². The predicted molar refractivity (Wildman–Crippen MR) is 86.2 cm³/mol. The summed E-state index contributed by atoms with van der Waals surface area (Å²) in [6.07, 6.45) is -0.453. The van der Waals surface area contributed by atoms with E-state index in [2.05, 4.69) is 32.6 Å². The highest BCUT2D eigenvalue weighted by Gasteiger charge is 2.16. The predicted octanol–water partition coefficient (Wildman–Crippen LogP) is 3.65. The van der Waals surface area contributed by atoms with Gasteiger partial charge in [-0.3, -0.25) is 0 Å². The third-order valence-electron chi connectivity index (χ3n) is 2.46. The Labute approximate surface area is 133 Å². The molecule has 114 valence electrons. The normalized spacial score (nSPS) is 12.2. The summed E-state index contributed by atoms with van der Waals surface area (Å²) in [6, 6.07) is 7.47. The number of carbonyl (C=O) groups is 1. The van der Waals surface area contributed by atoms with Crippen molar-refractivity contribution < 1.29 is 9.53 Å². The first kappa shape index (κ1) is 17.3. The van der Waals surface area contributed by atoms with Crippen LogP contribution in [0.2, 0.25) is 0 Å². The Morgan fingerprint density at radius 1 is 1.48 bits per heavy atom. The molecule has 0 aliphatic carbocycles. The zero-order valence-electron chi connectivity index (χ0n) is 12.7. The van der Waals surface area contributed by atoms with Gasteiger partial charge in [0.15, 0.2) is 0 Å². The Morgan fingerprint density at radius 3 is 2.71 bits per heavy atom. The van der Waals surface area contributed by atoms with Crippen LogP contribution < -0.4 is 10.6 Å². The first-order valence-electron chi connectivity index (χ1n) is 6.64. The number of halogens is 1. The number of alkyl carbamates (subject to hydrolysis) is 1. The van der Waals surface area contributed by atoms with Crippen LogP contribution >= 0.6 is 15.9 Å². The lowest BCUT2D eigenvalue weighted by Gasteiger charge is -2.21. The van der Waals surface area contributed by atoms with Gasteiger partial charge in [-0.25, -0.2) is 4.79 Å². The Morgan fingerprint density at radius 2 is 2.14 bits per heavy atom. The summed E-state index contributed by atoms with van der Waals surface area (Å²) < 4.78 is 6.05. The molecule has 1 aromatic carbocycles. The highest BCUT2D eigenvalue weighted by molar-refractivity contribution is 9.10. The van der Waals surface area contributed by atoms with Crippen molar-refractivity contribution in [3.8, 4) is 6.07 Å². The second-order valence-electron chi connectivity index (χ2n) is 5.73. The molecule has 0 spiro atoms. The second-order valence-corrected chi connectivity index (χ2v) is 6.65. The van der Waals surface area contributed by atoms with Crippen LogP contribution in [0.15, 0.2) is 22.7 Å². The molecule has 1 atom stereocenters. The van der Waals surface area contributed by atoms with E-state index in [-0.39, 0.29) is 6.04 Å². The maximum absolute atomic E-state index is 11.6. The molecule has 0 fully saturated rings. The molecule has 0 bridgehead atoms. The molecule has 0 heterocycles. The van der Waals surface area contributed by atoms with E-state index in [1.54, 1.807) is 6.07 Å². The van der Waals surface area contributed by atoms with E-state index in [1.807, 2.05) is 39.8 Å². The molecule has 0 aromatic heterocycles. The summed E-state index contributed by atoms with van der Waals surface area (Å²) in [5, 5.41) is 15.0. The maximum Gasteiger partial charge on any atom is 0.407 e. The molecular weight excluding hydrogens is 334 g/mol. The van der Waals surface area contributed by atoms with Crippen LogP contribution in [0.4, 0.5) is 10.5 Å². The number of amides is 1. The molecule has 0 saturated heterocycles. The fourth-order valence-corrected chi connectivity index (χ4v) is 1.96. The van der Waals surface area contributed by atoms with Gasteiger partial charge in [-0.1, -0.05) is 15.9 Å². The van der Waals surface area contributed by atoms with Crippen molar-refractivity contribution in [1.29, 1.82) is 5.26 Å². The number of nitrogens with zero attached hydrogens (tertiary/aromatic N) is 1. The number of anilines is 1. The van der Waals surface area contributed by atoms with Gasteiger partial charge < -0.3 is 15.4 Å². The summed E-state index contributed by atoms with van der Waals surface area (Å²) in [5.41, 5.74) is 0.770. The van der Waals surface area contributed by atoms with Gasteiger partial charge in [-0.2, -0.15) is 5.26 Å². The summed E-state index contributed by atoms with van der Waals surface area (Å²) in [6.45, 7) is 7.75. The Hall–Kier alpha value is -1.74. The molecule has 1 unspecified atom stereocenters. The highest BCUT2D eigenvalue weighted by atomic mass is 79.9. The minimum Gasteiger partial charge on any atom is -0.444 e. The van der Waals surface area contributed by atoms with Gasteiger partial charge in [0, 0.05) is 17.1 Å². The zero-order chi connectivity index (χ0) is 16.0. The molecule has 5 nitrogen and oxygen atoms in total. The summed E-state index contributed by atoms with van der Waals surface area (Å²) >= 11 is 3.37. The van der Waals surface area contributed by atoms with Crippen molar-refractivity contribution in [2.45, 2.75) is 39.3 Å². The van der Waals surface area contributed by atoms with Crippen molar-refractivity contribution in [3.05, 3.63) is 28.2 Å². The first-order chi connectivity index (χ1) is 9.71. The van der Waals surface area contributed by atoms with Crippen molar-refractivity contribution in [2.24, 2.45) is 0 Å². The number of ether oxygens (including phenoxy) is 1. The largest absolute Gasteiger partial charge is 0.444 e. The van der Waals surface area contributed by atoms with E-state index < -0.39 is 11.7 Å². The molecule has 0 radical (unpaired) electrons. The number of nitriles is 1. The van der Waals surface area contributed by atoms with Gasteiger partial charge in [0.25, 0.3) is 0 Å². The van der Waals surface area contributed by atoms with E-state index >= 15 is 0 Å². The second kappa shape index (κ2) is 7.32. The van der Waals surface area contributed by atoms with E-state index in [4.69, 9.17) is 10.00 Å². The Kier molecular flexibility index (Phi) is 6.03. The van der Waals surface area contributed by atoms with E-state index in [9.17, 15) is 4.79 Å². The third-order valence-corrected chi connectivity index (χ3v) is 2.95. The lowest BCUT2D eigenvalue weighted by molar-refractivity contribution is 0.0526. The molecular formula is C15H20BrN3O2. The van der Waals surface area contributed by atoms with Crippen molar-refractivity contribution in [2.75, 3.05) is 11.9 Å². The SMILES string of the molecule is CC(CNC(=O)OC(C)(C)C)Nc1cc(Br)ccc1C#N. The van der Waals surface area contributed by atoms with Crippen LogP contribution in [0.5, 0.6) is 0 Å². The lowest BCUT2D eigenvalue weighted by Crippen LogP contribution is -2.38. The Balaban J connectivity index is 2.55. The van der Waals surface area contributed by atoms with Gasteiger partial charge in [-0.15, -0.1) is 0 Å². The molecule has 1 aromatic rings. The molecule has 21 heavy (non-hydrogen) atoms. The average molecular weight is 354 g/mol. The fourth-order valence-electron chi connectivity index (χ4n) is 1.60. The summed E-state index contributed by atoms with van der Waals surface area (Å²) in [4.78, 5) is 11.6. The van der Waals surface area contributed by atoms with Gasteiger partial charge >= 0.3 is 6.09 Å². The first-order valence-corrected chi connectivity index (χ1v) is 7.43. The number of benzene rings is 1. The molecule has 1 rings (SSSR count). The van der Waals surface area contributed by atoms with Crippen LogP contribution in [0, 0.1) is 11.3 Å².